The van der Waals surface area contributed by atoms with E-state index in [1.165, 1.54) is 17.4 Å². The largest absolute Gasteiger partial charge is 0.355 e. The number of aromatic nitrogens is 1. The van der Waals surface area contributed by atoms with Gasteiger partial charge in [-0.1, -0.05) is 30.3 Å². The third-order valence-electron chi connectivity index (χ3n) is 3.50. The van der Waals surface area contributed by atoms with Crippen molar-refractivity contribution >= 4 is 17.2 Å². The fourth-order valence-corrected chi connectivity index (χ4v) is 3.12. The number of amides is 1. The van der Waals surface area contributed by atoms with Crippen LogP contribution in [0.15, 0.2) is 53.9 Å². The van der Waals surface area contributed by atoms with E-state index in [2.05, 4.69) is 10.3 Å². The van der Waals surface area contributed by atoms with Gasteiger partial charge in [-0.15, -0.1) is 11.3 Å². The number of carbonyl (C=O) groups excluding carboxylic acids is 1. The second-order valence-corrected chi connectivity index (χ2v) is 6.00. The first-order chi connectivity index (χ1) is 11.2. The molecule has 1 amide bonds. The Morgan fingerprint density at radius 2 is 2.04 bits per heavy atom. The molecule has 23 heavy (non-hydrogen) atoms. The highest BCUT2D eigenvalue weighted by Gasteiger charge is 2.10. The van der Waals surface area contributed by atoms with E-state index in [1.54, 1.807) is 31.3 Å². The summed E-state index contributed by atoms with van der Waals surface area (Å²) in [5, 5.41) is 5.38. The summed E-state index contributed by atoms with van der Waals surface area (Å²) in [7, 11) is 1.60. The summed E-state index contributed by atoms with van der Waals surface area (Å²) in [4.78, 5) is 16.3. The van der Waals surface area contributed by atoms with Crippen molar-refractivity contribution in [1.82, 2.24) is 10.3 Å². The molecule has 0 bridgehead atoms. The molecule has 0 fully saturated rings. The van der Waals surface area contributed by atoms with Crippen LogP contribution in [0.3, 0.4) is 0 Å². The molecule has 3 aromatic rings. The Hall–Kier alpha value is -2.53. The second-order valence-electron chi connectivity index (χ2n) is 5.05. The van der Waals surface area contributed by atoms with Gasteiger partial charge in [-0.05, 0) is 23.8 Å². The summed E-state index contributed by atoms with van der Waals surface area (Å²) in [6, 6.07) is 14.0. The number of nitrogens with zero attached hydrogens (tertiary/aromatic N) is 1. The van der Waals surface area contributed by atoms with Gasteiger partial charge in [0.15, 0.2) is 0 Å². The fraction of sp³-hybridized carbons (Fsp3) is 0.111. The van der Waals surface area contributed by atoms with Crippen molar-refractivity contribution in [2.75, 3.05) is 7.05 Å². The Balaban J connectivity index is 1.85. The molecule has 0 aliphatic heterocycles. The summed E-state index contributed by atoms with van der Waals surface area (Å²) in [6.45, 7) is 0. The summed E-state index contributed by atoms with van der Waals surface area (Å²) in [5.41, 5.74) is 2.90. The molecule has 2 aromatic carbocycles. The van der Waals surface area contributed by atoms with Crippen LogP contribution in [0, 0.1) is 5.82 Å². The van der Waals surface area contributed by atoms with Gasteiger partial charge in [-0.2, -0.15) is 0 Å². The van der Waals surface area contributed by atoms with Gasteiger partial charge in [0.25, 0.3) is 5.91 Å². The van der Waals surface area contributed by atoms with Gasteiger partial charge in [0.05, 0.1) is 10.7 Å². The number of hydrogen-bond donors (Lipinski definition) is 1. The third kappa shape index (κ3) is 3.46. The van der Waals surface area contributed by atoms with Crippen molar-refractivity contribution in [2.45, 2.75) is 6.42 Å². The number of hydrogen-bond acceptors (Lipinski definition) is 3. The van der Waals surface area contributed by atoms with Crippen LogP contribution in [-0.4, -0.2) is 17.9 Å². The van der Waals surface area contributed by atoms with E-state index >= 15 is 0 Å². The molecule has 1 N–H and O–H groups in total. The molecule has 0 saturated heterocycles. The van der Waals surface area contributed by atoms with Crippen LogP contribution in [0.1, 0.15) is 20.9 Å². The zero-order valence-corrected chi connectivity index (χ0v) is 13.4. The third-order valence-corrected chi connectivity index (χ3v) is 4.35. The number of rotatable bonds is 4. The molecule has 0 unspecified atom stereocenters. The average molecular weight is 326 g/mol. The molecule has 3 rings (SSSR count). The molecule has 0 atom stereocenters. The van der Waals surface area contributed by atoms with Crippen molar-refractivity contribution in [2.24, 2.45) is 0 Å². The van der Waals surface area contributed by atoms with Crippen LogP contribution in [0.5, 0.6) is 0 Å². The van der Waals surface area contributed by atoms with E-state index in [-0.39, 0.29) is 11.7 Å². The molecular formula is C18H15FN2OS. The predicted molar refractivity (Wildman–Crippen MR) is 90.1 cm³/mol. The lowest BCUT2D eigenvalue weighted by Gasteiger charge is -2.02. The maximum Gasteiger partial charge on any atom is 0.251 e. The van der Waals surface area contributed by atoms with Gasteiger partial charge in [-0.3, -0.25) is 4.79 Å². The van der Waals surface area contributed by atoms with E-state index in [0.29, 0.717) is 17.5 Å². The second kappa shape index (κ2) is 6.71. The van der Waals surface area contributed by atoms with Crippen molar-refractivity contribution in [3.05, 3.63) is 75.9 Å². The SMILES string of the molecule is CNC(=O)c1cccc(-c2csc(Cc3ccccc3F)n2)c1. The Kier molecular flexibility index (Phi) is 4.48. The van der Waals surface area contributed by atoms with E-state index in [4.69, 9.17) is 0 Å². The first-order valence-corrected chi connectivity index (χ1v) is 8.05. The van der Waals surface area contributed by atoms with Crippen LogP contribution >= 0.6 is 11.3 Å². The lowest BCUT2D eigenvalue weighted by atomic mass is 10.1. The minimum Gasteiger partial charge on any atom is -0.355 e. The zero-order chi connectivity index (χ0) is 16.2. The molecule has 0 spiro atoms. The van der Waals surface area contributed by atoms with Crippen molar-refractivity contribution < 1.29 is 9.18 Å². The highest BCUT2D eigenvalue weighted by atomic mass is 32.1. The molecular weight excluding hydrogens is 311 g/mol. The van der Waals surface area contributed by atoms with Gasteiger partial charge >= 0.3 is 0 Å². The van der Waals surface area contributed by atoms with Crippen molar-refractivity contribution in [3.8, 4) is 11.3 Å². The Morgan fingerprint density at radius 3 is 2.83 bits per heavy atom. The maximum absolute atomic E-state index is 13.7. The first-order valence-electron chi connectivity index (χ1n) is 7.17. The van der Waals surface area contributed by atoms with Crippen LogP contribution in [-0.2, 0) is 6.42 Å². The van der Waals surface area contributed by atoms with Gasteiger partial charge in [-0.25, -0.2) is 9.37 Å². The number of nitrogens with one attached hydrogen (secondary N) is 1. The summed E-state index contributed by atoms with van der Waals surface area (Å²) >= 11 is 1.49. The van der Waals surface area contributed by atoms with E-state index in [9.17, 15) is 9.18 Å². The van der Waals surface area contributed by atoms with Crippen LogP contribution in [0.4, 0.5) is 4.39 Å². The number of thiazole rings is 1. The molecule has 1 aromatic heterocycles. The summed E-state index contributed by atoms with van der Waals surface area (Å²) in [6.07, 6.45) is 0.465. The average Bonchev–Trinajstić information content (AvgIpc) is 3.05. The molecule has 1 heterocycles. The molecule has 0 aliphatic carbocycles. The van der Waals surface area contributed by atoms with Crippen LogP contribution in [0.25, 0.3) is 11.3 Å². The zero-order valence-electron chi connectivity index (χ0n) is 12.5. The minimum atomic E-state index is -0.217. The quantitative estimate of drug-likeness (QED) is 0.790. The molecule has 3 nitrogen and oxygen atoms in total. The maximum atomic E-state index is 13.7. The smallest absolute Gasteiger partial charge is 0.251 e. The van der Waals surface area contributed by atoms with Gasteiger partial charge in [0.2, 0.25) is 0 Å². The summed E-state index contributed by atoms with van der Waals surface area (Å²) in [5.74, 6) is -0.348. The number of benzene rings is 2. The topological polar surface area (TPSA) is 42.0 Å². The Bertz CT molecular complexity index is 844. The van der Waals surface area contributed by atoms with Crippen LogP contribution < -0.4 is 5.32 Å². The molecule has 0 saturated carbocycles. The first kappa shape index (κ1) is 15.4. The fourth-order valence-electron chi connectivity index (χ4n) is 2.29. The van der Waals surface area contributed by atoms with Gasteiger partial charge in [0.1, 0.15) is 5.82 Å². The molecule has 116 valence electrons. The van der Waals surface area contributed by atoms with Gasteiger partial charge < -0.3 is 5.32 Å². The predicted octanol–water partition coefficient (Wildman–Crippen LogP) is 3.90. The monoisotopic (exact) mass is 326 g/mol. The molecule has 0 aliphatic rings. The van der Waals surface area contributed by atoms with E-state index < -0.39 is 0 Å². The Morgan fingerprint density at radius 1 is 1.22 bits per heavy atom. The van der Waals surface area contributed by atoms with Crippen molar-refractivity contribution in [1.29, 1.82) is 0 Å². The van der Waals surface area contributed by atoms with Gasteiger partial charge in [0, 0.05) is 30.0 Å². The minimum absolute atomic E-state index is 0.131. The standard InChI is InChI=1S/C18H15FN2OS/c1-20-18(22)14-7-4-6-13(9-14)16-11-23-17(21-16)10-12-5-2-3-8-15(12)19/h2-9,11H,10H2,1H3,(H,20,22). The lowest BCUT2D eigenvalue weighted by molar-refractivity contribution is 0.0963. The lowest BCUT2D eigenvalue weighted by Crippen LogP contribution is -2.17. The highest BCUT2D eigenvalue weighted by Crippen LogP contribution is 2.24. The normalized spacial score (nSPS) is 10.5. The van der Waals surface area contributed by atoms with E-state index in [1.807, 2.05) is 23.6 Å². The molecule has 5 heteroatoms. The van der Waals surface area contributed by atoms with Crippen molar-refractivity contribution in [3.63, 3.8) is 0 Å². The highest BCUT2D eigenvalue weighted by molar-refractivity contribution is 7.10. The Labute approximate surface area is 137 Å². The molecule has 0 radical (unpaired) electrons. The number of carbonyl (C=O) groups is 1. The number of halogens is 1. The summed E-state index contributed by atoms with van der Waals surface area (Å²) < 4.78 is 13.7. The van der Waals surface area contributed by atoms with Crippen LogP contribution in [0.2, 0.25) is 0 Å². The van der Waals surface area contributed by atoms with E-state index in [0.717, 1.165) is 16.3 Å².